The highest BCUT2D eigenvalue weighted by Crippen LogP contribution is 1.97. The van der Waals surface area contributed by atoms with Crippen LogP contribution in [0.25, 0.3) is 0 Å². The molecule has 0 spiro atoms. The number of hydrogen-bond donors (Lipinski definition) is 0. The minimum Gasteiger partial charge on any atom is -0.267 e. The second-order valence-corrected chi connectivity index (χ2v) is 1.81. The number of hydrogen-bond acceptors (Lipinski definition) is 3. The fourth-order valence-electron chi connectivity index (χ4n) is 0.413. The van der Waals surface area contributed by atoms with E-state index in [0.717, 1.165) is 0 Å². The van der Waals surface area contributed by atoms with Gasteiger partial charge in [0.15, 0.2) is 0 Å². The van der Waals surface area contributed by atoms with Gasteiger partial charge in [0.2, 0.25) is 12.4 Å². The van der Waals surface area contributed by atoms with Crippen molar-refractivity contribution >= 4 is 5.91 Å². The minimum absolute atomic E-state index is 0.383. The Hall–Kier alpha value is -1.81. The van der Waals surface area contributed by atoms with E-state index < -0.39 is 5.91 Å². The van der Waals surface area contributed by atoms with Crippen LogP contribution in [-0.2, 0) is 4.79 Å². The van der Waals surface area contributed by atoms with Crippen molar-refractivity contribution in [3.63, 3.8) is 0 Å². The standard InChI is InChI=1S/C7H7N3O/c1-3-6(2)7(11)10(4-8)5-9/h3H,1-2H3. The minimum atomic E-state index is -0.572. The lowest BCUT2D eigenvalue weighted by molar-refractivity contribution is -0.121. The number of nitrogens with zero attached hydrogens (tertiary/aromatic N) is 3. The number of allylic oxidation sites excluding steroid dienone is 1. The summed E-state index contributed by atoms with van der Waals surface area (Å²) in [6, 6.07) is 0. The maximum atomic E-state index is 10.9. The molecule has 0 aromatic carbocycles. The molecular weight excluding hydrogens is 142 g/mol. The second-order valence-electron chi connectivity index (χ2n) is 1.81. The van der Waals surface area contributed by atoms with Crippen molar-refractivity contribution in [2.45, 2.75) is 13.8 Å². The predicted octanol–water partition coefficient (Wildman–Crippen LogP) is 0.743. The van der Waals surface area contributed by atoms with Crippen LogP contribution in [0, 0.1) is 22.9 Å². The molecule has 0 heterocycles. The molecule has 0 saturated carbocycles. The monoisotopic (exact) mass is 149 g/mol. The van der Waals surface area contributed by atoms with Crippen molar-refractivity contribution in [1.29, 1.82) is 10.5 Å². The van der Waals surface area contributed by atoms with Gasteiger partial charge in [0.05, 0.1) is 0 Å². The highest BCUT2D eigenvalue weighted by Gasteiger charge is 2.12. The first-order valence-electron chi connectivity index (χ1n) is 2.94. The number of rotatable bonds is 1. The highest BCUT2D eigenvalue weighted by molar-refractivity contribution is 5.94. The first-order valence-corrected chi connectivity index (χ1v) is 2.94. The molecule has 0 fully saturated rings. The highest BCUT2D eigenvalue weighted by atomic mass is 16.2. The zero-order valence-corrected chi connectivity index (χ0v) is 6.33. The van der Waals surface area contributed by atoms with Crippen LogP contribution in [-0.4, -0.2) is 10.8 Å². The SMILES string of the molecule is CC=C(C)C(=O)N(C#N)C#N. The molecule has 11 heavy (non-hydrogen) atoms. The smallest absolute Gasteiger partial charge is 0.267 e. The maximum Gasteiger partial charge on any atom is 0.275 e. The van der Waals surface area contributed by atoms with E-state index in [0.29, 0.717) is 10.5 Å². The molecule has 0 atom stereocenters. The summed E-state index contributed by atoms with van der Waals surface area (Å²) < 4.78 is 0. The number of carbonyl (C=O) groups is 1. The lowest BCUT2D eigenvalue weighted by Crippen LogP contribution is -2.21. The summed E-state index contributed by atoms with van der Waals surface area (Å²) in [4.78, 5) is 11.4. The van der Waals surface area contributed by atoms with Crippen molar-refractivity contribution in [3.8, 4) is 12.4 Å². The normalized spacial score (nSPS) is 9.64. The first kappa shape index (κ1) is 9.19. The average Bonchev–Trinajstić information content (AvgIpc) is 2.05. The first-order chi connectivity index (χ1) is 5.17. The van der Waals surface area contributed by atoms with Crippen LogP contribution >= 0.6 is 0 Å². The zero-order valence-electron chi connectivity index (χ0n) is 6.33. The van der Waals surface area contributed by atoms with Gasteiger partial charge in [0, 0.05) is 5.57 Å². The lowest BCUT2D eigenvalue weighted by atomic mass is 10.2. The van der Waals surface area contributed by atoms with Gasteiger partial charge in [-0.2, -0.15) is 10.5 Å². The summed E-state index contributed by atoms with van der Waals surface area (Å²) in [6.45, 7) is 3.21. The molecule has 4 heteroatoms. The lowest BCUT2D eigenvalue weighted by Gasteiger charge is -2.01. The van der Waals surface area contributed by atoms with Gasteiger partial charge in [0.1, 0.15) is 0 Å². The van der Waals surface area contributed by atoms with E-state index in [1.165, 1.54) is 12.4 Å². The van der Waals surface area contributed by atoms with Crippen LogP contribution in [0.2, 0.25) is 0 Å². The number of nitriles is 2. The molecule has 0 aliphatic heterocycles. The number of carbonyl (C=O) groups excluding carboxylic acids is 1. The maximum absolute atomic E-state index is 10.9. The van der Waals surface area contributed by atoms with Crippen molar-refractivity contribution in [2.75, 3.05) is 0 Å². The molecule has 0 N–H and O–H groups in total. The van der Waals surface area contributed by atoms with E-state index >= 15 is 0 Å². The molecule has 0 aromatic rings. The largest absolute Gasteiger partial charge is 0.275 e. The Morgan fingerprint density at radius 2 is 1.91 bits per heavy atom. The Kier molecular flexibility index (Phi) is 3.41. The van der Waals surface area contributed by atoms with Gasteiger partial charge in [-0.15, -0.1) is 4.90 Å². The van der Waals surface area contributed by atoms with Gasteiger partial charge in [-0.05, 0) is 13.8 Å². The third-order valence-electron chi connectivity index (χ3n) is 1.17. The zero-order chi connectivity index (χ0) is 8.85. The van der Waals surface area contributed by atoms with Crippen molar-refractivity contribution in [1.82, 2.24) is 4.90 Å². The molecule has 0 aliphatic rings. The Morgan fingerprint density at radius 3 is 2.18 bits per heavy atom. The molecule has 4 nitrogen and oxygen atoms in total. The molecule has 0 aliphatic carbocycles. The van der Waals surface area contributed by atoms with Crippen molar-refractivity contribution < 1.29 is 4.79 Å². The van der Waals surface area contributed by atoms with Gasteiger partial charge >= 0.3 is 0 Å². The van der Waals surface area contributed by atoms with Gasteiger partial charge in [-0.3, -0.25) is 4.79 Å². The van der Waals surface area contributed by atoms with E-state index in [9.17, 15) is 4.79 Å². The Labute approximate surface area is 64.9 Å². The van der Waals surface area contributed by atoms with Crippen LogP contribution < -0.4 is 0 Å². The summed E-state index contributed by atoms with van der Waals surface area (Å²) in [5.41, 5.74) is 0.383. The fourth-order valence-corrected chi connectivity index (χ4v) is 0.413. The van der Waals surface area contributed by atoms with E-state index in [1.54, 1.807) is 19.9 Å². The van der Waals surface area contributed by atoms with Crippen LogP contribution in [0.5, 0.6) is 0 Å². The topological polar surface area (TPSA) is 67.9 Å². The van der Waals surface area contributed by atoms with Crippen molar-refractivity contribution in [3.05, 3.63) is 11.6 Å². The third kappa shape index (κ3) is 2.11. The summed E-state index contributed by atoms with van der Waals surface area (Å²) in [7, 11) is 0. The van der Waals surface area contributed by atoms with E-state index in [-0.39, 0.29) is 0 Å². The van der Waals surface area contributed by atoms with Gasteiger partial charge in [-0.25, -0.2) is 0 Å². The van der Waals surface area contributed by atoms with E-state index in [2.05, 4.69) is 0 Å². The number of amides is 1. The molecule has 0 radical (unpaired) electrons. The molecule has 1 amide bonds. The summed E-state index contributed by atoms with van der Waals surface area (Å²) in [6.07, 6.45) is 4.44. The molecule has 0 rings (SSSR count). The summed E-state index contributed by atoms with van der Waals surface area (Å²) in [5, 5.41) is 16.5. The Bertz CT molecular complexity index is 252. The van der Waals surface area contributed by atoms with Crippen LogP contribution in [0.1, 0.15) is 13.8 Å². The predicted molar refractivity (Wildman–Crippen MR) is 37.5 cm³/mol. The molecule has 56 valence electrons. The van der Waals surface area contributed by atoms with Gasteiger partial charge in [0.25, 0.3) is 5.91 Å². The summed E-state index contributed by atoms with van der Waals surface area (Å²) in [5.74, 6) is -0.572. The van der Waals surface area contributed by atoms with E-state index in [1.807, 2.05) is 0 Å². The van der Waals surface area contributed by atoms with Gasteiger partial charge in [-0.1, -0.05) is 6.08 Å². The third-order valence-corrected chi connectivity index (χ3v) is 1.17. The Balaban J connectivity index is 4.54. The average molecular weight is 149 g/mol. The molecule has 0 aromatic heterocycles. The van der Waals surface area contributed by atoms with Crippen molar-refractivity contribution in [2.24, 2.45) is 0 Å². The summed E-state index contributed by atoms with van der Waals surface area (Å²) >= 11 is 0. The second kappa shape index (κ2) is 4.08. The Morgan fingerprint density at radius 1 is 1.45 bits per heavy atom. The molecule has 0 bridgehead atoms. The molecule has 0 unspecified atom stereocenters. The quantitative estimate of drug-likeness (QED) is 0.313. The van der Waals surface area contributed by atoms with Gasteiger partial charge < -0.3 is 0 Å². The fraction of sp³-hybridized carbons (Fsp3) is 0.286. The van der Waals surface area contributed by atoms with Crippen LogP contribution in [0.15, 0.2) is 11.6 Å². The molecule has 0 saturated heterocycles. The van der Waals surface area contributed by atoms with Crippen LogP contribution in [0.3, 0.4) is 0 Å². The van der Waals surface area contributed by atoms with Crippen LogP contribution in [0.4, 0.5) is 0 Å². The van der Waals surface area contributed by atoms with E-state index in [4.69, 9.17) is 10.5 Å². The molecular formula is C7H7N3O.